The topological polar surface area (TPSA) is 64.1 Å². The minimum atomic E-state index is -0.544. The standard InChI is InChI=1S/C17H23N3O2S/c1-4-12(5-2)16-19-20-17(23-16)18-15(21)14(6-3)22-13-10-8-7-9-11-13/h7-12,14H,4-6H2,1-3H3,(H,18,20,21). The minimum Gasteiger partial charge on any atom is -0.481 e. The third-order valence-corrected chi connectivity index (χ3v) is 4.69. The van der Waals surface area contributed by atoms with E-state index in [0.717, 1.165) is 17.8 Å². The summed E-state index contributed by atoms with van der Waals surface area (Å²) in [6.07, 6.45) is 2.08. The largest absolute Gasteiger partial charge is 0.481 e. The molecule has 1 atom stereocenters. The lowest BCUT2D eigenvalue weighted by atomic mass is 10.1. The van der Waals surface area contributed by atoms with Gasteiger partial charge >= 0.3 is 0 Å². The van der Waals surface area contributed by atoms with Crippen LogP contribution in [0.1, 0.15) is 51.0 Å². The molecule has 1 heterocycles. The number of para-hydroxylation sites is 1. The van der Waals surface area contributed by atoms with Crippen LogP contribution in [-0.4, -0.2) is 22.2 Å². The first-order valence-electron chi connectivity index (χ1n) is 8.03. The van der Waals surface area contributed by atoms with Crippen molar-refractivity contribution in [3.8, 4) is 5.75 Å². The average molecular weight is 333 g/mol. The number of rotatable bonds is 8. The number of carbonyl (C=O) groups excluding carboxylic acids is 1. The van der Waals surface area contributed by atoms with Gasteiger partial charge in [0.1, 0.15) is 10.8 Å². The third kappa shape index (κ3) is 4.76. The van der Waals surface area contributed by atoms with Crippen molar-refractivity contribution in [3.63, 3.8) is 0 Å². The molecule has 0 aliphatic rings. The van der Waals surface area contributed by atoms with Gasteiger partial charge in [-0.2, -0.15) is 0 Å². The molecule has 1 unspecified atom stereocenters. The molecule has 1 N–H and O–H groups in total. The predicted octanol–water partition coefficient (Wildman–Crippen LogP) is 4.24. The van der Waals surface area contributed by atoms with Gasteiger partial charge in [-0.1, -0.05) is 50.3 Å². The first-order chi connectivity index (χ1) is 11.2. The van der Waals surface area contributed by atoms with Crippen LogP contribution in [0, 0.1) is 0 Å². The van der Waals surface area contributed by atoms with Crippen LogP contribution in [0.3, 0.4) is 0 Å². The highest BCUT2D eigenvalue weighted by atomic mass is 32.1. The zero-order valence-corrected chi connectivity index (χ0v) is 14.6. The summed E-state index contributed by atoms with van der Waals surface area (Å²) in [4.78, 5) is 12.4. The average Bonchev–Trinajstić information content (AvgIpc) is 3.03. The minimum absolute atomic E-state index is 0.191. The zero-order valence-electron chi connectivity index (χ0n) is 13.8. The number of ether oxygens (including phenoxy) is 1. The molecule has 1 amide bonds. The Morgan fingerprint density at radius 3 is 2.43 bits per heavy atom. The summed E-state index contributed by atoms with van der Waals surface area (Å²) >= 11 is 1.44. The van der Waals surface area contributed by atoms with E-state index in [4.69, 9.17) is 4.74 Å². The van der Waals surface area contributed by atoms with Crippen LogP contribution in [0.4, 0.5) is 5.13 Å². The Kier molecular flexibility index (Phi) is 6.52. The number of hydrogen-bond donors (Lipinski definition) is 1. The van der Waals surface area contributed by atoms with Crippen molar-refractivity contribution >= 4 is 22.4 Å². The number of amides is 1. The number of nitrogens with zero attached hydrogens (tertiary/aromatic N) is 2. The molecule has 0 saturated heterocycles. The molecule has 1 aromatic heterocycles. The predicted molar refractivity (Wildman–Crippen MR) is 93.0 cm³/mol. The number of hydrogen-bond acceptors (Lipinski definition) is 5. The normalized spacial score (nSPS) is 12.2. The van der Waals surface area contributed by atoms with Crippen LogP contribution < -0.4 is 10.1 Å². The lowest BCUT2D eigenvalue weighted by Gasteiger charge is -2.16. The molecule has 23 heavy (non-hydrogen) atoms. The molecule has 0 bridgehead atoms. The Morgan fingerprint density at radius 1 is 1.13 bits per heavy atom. The molecule has 0 aliphatic heterocycles. The molecular weight excluding hydrogens is 310 g/mol. The maximum Gasteiger partial charge on any atom is 0.267 e. The van der Waals surface area contributed by atoms with Crippen LogP contribution >= 0.6 is 11.3 Å². The Morgan fingerprint density at radius 2 is 1.83 bits per heavy atom. The Labute approximate surface area is 141 Å². The molecule has 2 aromatic rings. The van der Waals surface area contributed by atoms with Crippen LogP contribution in [0.15, 0.2) is 30.3 Å². The van der Waals surface area contributed by atoms with Crippen molar-refractivity contribution in [2.75, 3.05) is 5.32 Å². The van der Waals surface area contributed by atoms with E-state index in [2.05, 4.69) is 29.4 Å². The highest BCUT2D eigenvalue weighted by Crippen LogP contribution is 2.28. The van der Waals surface area contributed by atoms with Gasteiger partial charge in [-0.25, -0.2) is 0 Å². The Bertz CT molecular complexity index is 611. The first kappa shape index (κ1) is 17.4. The number of anilines is 1. The monoisotopic (exact) mass is 333 g/mol. The van der Waals surface area contributed by atoms with Crippen LogP contribution in [0.5, 0.6) is 5.75 Å². The fraction of sp³-hybridized carbons (Fsp3) is 0.471. The first-order valence-corrected chi connectivity index (χ1v) is 8.85. The highest BCUT2D eigenvalue weighted by molar-refractivity contribution is 7.15. The van der Waals surface area contributed by atoms with E-state index in [-0.39, 0.29) is 5.91 Å². The van der Waals surface area contributed by atoms with E-state index >= 15 is 0 Å². The maximum atomic E-state index is 12.4. The van der Waals surface area contributed by atoms with E-state index in [1.165, 1.54) is 11.3 Å². The van der Waals surface area contributed by atoms with E-state index in [9.17, 15) is 4.79 Å². The SMILES string of the molecule is CCC(Oc1ccccc1)C(=O)Nc1nnc(C(CC)CC)s1. The van der Waals surface area contributed by atoms with Gasteiger partial charge in [-0.05, 0) is 31.4 Å². The Balaban J connectivity index is 1.99. The summed E-state index contributed by atoms with van der Waals surface area (Å²) in [7, 11) is 0. The van der Waals surface area contributed by atoms with Crippen LogP contribution in [0.25, 0.3) is 0 Å². The number of aromatic nitrogens is 2. The lowest BCUT2D eigenvalue weighted by molar-refractivity contribution is -0.122. The number of nitrogens with one attached hydrogen (secondary N) is 1. The van der Waals surface area contributed by atoms with Crippen LogP contribution in [0.2, 0.25) is 0 Å². The number of carbonyl (C=O) groups is 1. The molecule has 0 aliphatic carbocycles. The van der Waals surface area contributed by atoms with Gasteiger partial charge in [0.15, 0.2) is 6.10 Å². The molecule has 6 heteroatoms. The summed E-state index contributed by atoms with van der Waals surface area (Å²) in [5, 5.41) is 12.6. The quantitative estimate of drug-likeness (QED) is 0.785. The van der Waals surface area contributed by atoms with Crippen molar-refractivity contribution in [1.82, 2.24) is 10.2 Å². The summed E-state index contributed by atoms with van der Waals surface area (Å²) in [5.41, 5.74) is 0. The summed E-state index contributed by atoms with van der Waals surface area (Å²) in [6, 6.07) is 9.35. The fourth-order valence-corrected chi connectivity index (χ4v) is 3.27. The zero-order chi connectivity index (χ0) is 16.7. The van der Waals surface area contributed by atoms with E-state index in [0.29, 0.717) is 23.2 Å². The van der Waals surface area contributed by atoms with Gasteiger partial charge in [0.2, 0.25) is 5.13 Å². The van der Waals surface area contributed by atoms with Crippen LogP contribution in [-0.2, 0) is 4.79 Å². The second kappa shape index (κ2) is 8.62. The second-order valence-electron chi connectivity index (χ2n) is 5.28. The maximum absolute atomic E-state index is 12.4. The molecule has 2 rings (SSSR count). The van der Waals surface area contributed by atoms with Crippen molar-refractivity contribution in [1.29, 1.82) is 0 Å². The van der Waals surface area contributed by atoms with Crippen molar-refractivity contribution < 1.29 is 9.53 Å². The molecule has 0 saturated carbocycles. The third-order valence-electron chi connectivity index (χ3n) is 3.69. The number of benzene rings is 1. The van der Waals surface area contributed by atoms with Gasteiger partial charge in [0, 0.05) is 5.92 Å². The highest BCUT2D eigenvalue weighted by Gasteiger charge is 2.21. The van der Waals surface area contributed by atoms with Crippen molar-refractivity contribution in [2.24, 2.45) is 0 Å². The van der Waals surface area contributed by atoms with E-state index in [1.54, 1.807) is 0 Å². The second-order valence-corrected chi connectivity index (χ2v) is 6.29. The van der Waals surface area contributed by atoms with E-state index in [1.807, 2.05) is 37.3 Å². The molecule has 5 nitrogen and oxygen atoms in total. The molecular formula is C17H23N3O2S. The molecule has 124 valence electrons. The molecule has 0 radical (unpaired) electrons. The lowest BCUT2D eigenvalue weighted by Crippen LogP contribution is -2.32. The van der Waals surface area contributed by atoms with Gasteiger partial charge < -0.3 is 4.74 Å². The van der Waals surface area contributed by atoms with Gasteiger partial charge in [0.25, 0.3) is 5.91 Å². The molecule has 1 aromatic carbocycles. The van der Waals surface area contributed by atoms with Gasteiger partial charge in [-0.3, -0.25) is 10.1 Å². The van der Waals surface area contributed by atoms with Crippen molar-refractivity contribution in [3.05, 3.63) is 35.3 Å². The molecule has 0 fully saturated rings. The summed E-state index contributed by atoms with van der Waals surface area (Å²) in [6.45, 7) is 6.19. The summed E-state index contributed by atoms with van der Waals surface area (Å²) < 4.78 is 5.74. The van der Waals surface area contributed by atoms with Gasteiger partial charge in [-0.15, -0.1) is 10.2 Å². The Hall–Kier alpha value is -1.95. The summed E-state index contributed by atoms with van der Waals surface area (Å²) in [5.74, 6) is 0.897. The molecule has 0 spiro atoms. The smallest absolute Gasteiger partial charge is 0.267 e. The van der Waals surface area contributed by atoms with E-state index < -0.39 is 6.10 Å². The van der Waals surface area contributed by atoms with Gasteiger partial charge in [0.05, 0.1) is 0 Å². The van der Waals surface area contributed by atoms with Crippen molar-refractivity contribution in [2.45, 2.75) is 52.1 Å². The fourth-order valence-electron chi connectivity index (χ4n) is 2.26.